The monoisotopic (exact) mass is 300 g/mol. The van der Waals surface area contributed by atoms with Crippen LogP contribution in [0.15, 0.2) is 9.27 Å². The maximum atomic E-state index is 11.8. The lowest BCUT2D eigenvalue weighted by atomic mass is 9.92. The van der Waals surface area contributed by atoms with Gasteiger partial charge in [0.2, 0.25) is 0 Å². The quantitative estimate of drug-likeness (QED) is 0.930. The van der Waals surface area contributed by atoms with Crippen LogP contribution >= 0.6 is 15.9 Å². The molecule has 0 aromatic carbocycles. The Hall–Kier alpha value is -0.640. The van der Waals surface area contributed by atoms with Gasteiger partial charge in [-0.3, -0.25) is 4.79 Å². The van der Waals surface area contributed by atoms with Crippen molar-refractivity contribution in [3.05, 3.63) is 26.3 Å². The fourth-order valence-electron chi connectivity index (χ4n) is 1.55. The molecule has 0 amide bonds. The maximum absolute atomic E-state index is 11.8. The second-order valence-corrected chi connectivity index (χ2v) is 6.65. The lowest BCUT2D eigenvalue weighted by Crippen LogP contribution is -2.23. The van der Waals surface area contributed by atoms with Gasteiger partial charge in [-0.1, -0.05) is 34.6 Å². The van der Waals surface area contributed by atoms with E-state index in [0.717, 1.165) is 24.4 Å². The van der Waals surface area contributed by atoms with Crippen LogP contribution in [0.1, 0.15) is 52.6 Å². The smallest absolute Gasteiger partial charge is 0.265 e. The summed E-state index contributed by atoms with van der Waals surface area (Å²) in [6.07, 6.45) is 1.86. The highest BCUT2D eigenvalue weighted by atomic mass is 79.9. The Balaban J connectivity index is 3.11. The molecule has 3 nitrogen and oxygen atoms in total. The van der Waals surface area contributed by atoms with E-state index in [1.54, 1.807) is 0 Å². The molecule has 0 saturated carbocycles. The zero-order valence-corrected chi connectivity index (χ0v) is 12.8. The molecule has 0 aliphatic rings. The van der Waals surface area contributed by atoms with Crippen molar-refractivity contribution in [2.24, 2.45) is 5.92 Å². The molecular formula is C13H21BrN2O. The first-order chi connectivity index (χ1) is 7.71. The Bertz CT molecular complexity index is 444. The Morgan fingerprint density at radius 3 is 2.41 bits per heavy atom. The van der Waals surface area contributed by atoms with Crippen molar-refractivity contribution in [2.45, 2.75) is 52.9 Å². The van der Waals surface area contributed by atoms with Gasteiger partial charge in [-0.15, -0.1) is 0 Å². The highest BCUT2D eigenvalue weighted by Gasteiger charge is 2.21. The van der Waals surface area contributed by atoms with E-state index in [2.05, 4.69) is 60.5 Å². The minimum absolute atomic E-state index is 0.0799. The first-order valence-electron chi connectivity index (χ1n) is 6.01. The number of nitrogens with one attached hydrogen (secondary N) is 1. The molecule has 17 heavy (non-hydrogen) atoms. The van der Waals surface area contributed by atoms with Crippen LogP contribution < -0.4 is 5.56 Å². The van der Waals surface area contributed by atoms with E-state index in [1.807, 2.05) is 0 Å². The molecule has 96 valence electrons. The molecule has 0 atom stereocenters. The van der Waals surface area contributed by atoms with Gasteiger partial charge in [0.1, 0.15) is 10.3 Å². The summed E-state index contributed by atoms with van der Waals surface area (Å²) in [5, 5.41) is 0. The van der Waals surface area contributed by atoms with E-state index in [0.29, 0.717) is 10.4 Å². The van der Waals surface area contributed by atoms with E-state index in [4.69, 9.17) is 0 Å². The van der Waals surface area contributed by atoms with Gasteiger partial charge in [-0.2, -0.15) is 0 Å². The lowest BCUT2D eigenvalue weighted by molar-refractivity contribution is 0.540. The number of aromatic nitrogens is 2. The lowest BCUT2D eigenvalue weighted by Gasteiger charge is -2.19. The summed E-state index contributed by atoms with van der Waals surface area (Å²) in [4.78, 5) is 19.2. The molecule has 0 bridgehead atoms. The van der Waals surface area contributed by atoms with Crippen LogP contribution in [0.25, 0.3) is 0 Å². The van der Waals surface area contributed by atoms with Crippen molar-refractivity contribution in [1.82, 2.24) is 9.97 Å². The van der Waals surface area contributed by atoms with Crippen LogP contribution in [-0.2, 0) is 11.8 Å². The van der Waals surface area contributed by atoms with Crippen molar-refractivity contribution < 1.29 is 0 Å². The van der Waals surface area contributed by atoms with E-state index >= 15 is 0 Å². The van der Waals surface area contributed by atoms with Crippen molar-refractivity contribution in [2.75, 3.05) is 0 Å². The van der Waals surface area contributed by atoms with E-state index in [-0.39, 0.29) is 11.0 Å². The molecule has 0 fully saturated rings. The molecule has 0 unspecified atom stereocenters. The first kappa shape index (κ1) is 14.4. The topological polar surface area (TPSA) is 45.8 Å². The average molecular weight is 301 g/mol. The third-order valence-electron chi connectivity index (χ3n) is 2.58. The van der Waals surface area contributed by atoms with E-state index < -0.39 is 0 Å². The van der Waals surface area contributed by atoms with Crippen LogP contribution in [-0.4, -0.2) is 9.97 Å². The first-order valence-corrected chi connectivity index (χ1v) is 6.80. The third-order valence-corrected chi connectivity index (χ3v) is 3.32. The Kier molecular flexibility index (Phi) is 4.53. The molecule has 4 heteroatoms. The van der Waals surface area contributed by atoms with Gasteiger partial charge in [0, 0.05) is 11.8 Å². The second-order valence-electron chi connectivity index (χ2n) is 5.86. The molecule has 0 radical (unpaired) electrons. The van der Waals surface area contributed by atoms with E-state index in [9.17, 15) is 4.79 Å². The fourth-order valence-corrected chi connectivity index (χ4v) is 2.33. The minimum atomic E-state index is -0.125. The summed E-state index contributed by atoms with van der Waals surface area (Å²) in [6, 6.07) is 0. The zero-order valence-electron chi connectivity index (χ0n) is 11.2. The number of halogens is 1. The standard InChI is InChI=1S/C13H21BrN2O/c1-8(2)6-7-9-15-11(13(3,4)5)10(14)12(17)16-9/h8H,6-7H2,1-5H3,(H,15,16,17). The molecule has 1 rings (SSSR count). The highest BCUT2D eigenvalue weighted by Crippen LogP contribution is 2.25. The molecule has 0 spiro atoms. The Morgan fingerprint density at radius 2 is 1.94 bits per heavy atom. The number of rotatable bonds is 3. The molecule has 1 aromatic rings. The SMILES string of the molecule is CC(C)CCc1nc(C(C)(C)C)c(Br)c(=O)[nH]1. The largest absolute Gasteiger partial charge is 0.310 e. The summed E-state index contributed by atoms with van der Waals surface area (Å²) in [5.41, 5.74) is 0.628. The Labute approximate surface area is 111 Å². The third kappa shape index (κ3) is 3.95. The molecule has 0 saturated heterocycles. The number of aromatic amines is 1. The average Bonchev–Trinajstić information content (AvgIpc) is 2.17. The van der Waals surface area contributed by atoms with Crippen molar-refractivity contribution in [1.29, 1.82) is 0 Å². The molecule has 0 aliphatic carbocycles. The minimum Gasteiger partial charge on any atom is -0.310 e. The van der Waals surface area contributed by atoms with Crippen LogP contribution in [0, 0.1) is 5.92 Å². The second kappa shape index (κ2) is 5.34. The van der Waals surface area contributed by atoms with Gasteiger partial charge >= 0.3 is 0 Å². The molecule has 0 aliphatic heterocycles. The van der Waals surface area contributed by atoms with Crippen LogP contribution in [0.2, 0.25) is 0 Å². The van der Waals surface area contributed by atoms with Crippen LogP contribution in [0.5, 0.6) is 0 Å². The summed E-state index contributed by atoms with van der Waals surface area (Å²) in [6.45, 7) is 10.5. The summed E-state index contributed by atoms with van der Waals surface area (Å²) >= 11 is 3.32. The Morgan fingerprint density at radius 1 is 1.35 bits per heavy atom. The normalized spacial score (nSPS) is 12.2. The maximum Gasteiger partial charge on any atom is 0.265 e. The van der Waals surface area contributed by atoms with Crippen molar-refractivity contribution >= 4 is 15.9 Å². The summed E-state index contributed by atoms with van der Waals surface area (Å²) < 4.78 is 0.554. The fraction of sp³-hybridized carbons (Fsp3) is 0.692. The number of hydrogen-bond donors (Lipinski definition) is 1. The molecule has 1 N–H and O–H groups in total. The number of aryl methyl sites for hydroxylation is 1. The van der Waals surface area contributed by atoms with Gasteiger partial charge in [0.25, 0.3) is 5.56 Å². The zero-order chi connectivity index (χ0) is 13.2. The van der Waals surface area contributed by atoms with Gasteiger partial charge < -0.3 is 4.98 Å². The van der Waals surface area contributed by atoms with Gasteiger partial charge in [-0.25, -0.2) is 4.98 Å². The van der Waals surface area contributed by atoms with Crippen LogP contribution in [0.3, 0.4) is 0 Å². The summed E-state index contributed by atoms with van der Waals surface area (Å²) in [7, 11) is 0. The van der Waals surface area contributed by atoms with Crippen molar-refractivity contribution in [3.8, 4) is 0 Å². The van der Waals surface area contributed by atoms with Gasteiger partial charge in [-0.05, 0) is 28.3 Å². The number of H-pyrrole nitrogens is 1. The van der Waals surface area contributed by atoms with Gasteiger partial charge in [0.15, 0.2) is 0 Å². The van der Waals surface area contributed by atoms with Crippen molar-refractivity contribution in [3.63, 3.8) is 0 Å². The van der Waals surface area contributed by atoms with E-state index in [1.165, 1.54) is 0 Å². The van der Waals surface area contributed by atoms with Crippen LogP contribution in [0.4, 0.5) is 0 Å². The number of hydrogen-bond acceptors (Lipinski definition) is 2. The molecule has 1 aromatic heterocycles. The molecular weight excluding hydrogens is 280 g/mol. The predicted molar refractivity (Wildman–Crippen MR) is 74.4 cm³/mol. The number of nitrogens with zero attached hydrogens (tertiary/aromatic N) is 1. The highest BCUT2D eigenvalue weighted by molar-refractivity contribution is 9.10. The van der Waals surface area contributed by atoms with Gasteiger partial charge in [0.05, 0.1) is 5.69 Å². The molecule has 1 heterocycles. The summed E-state index contributed by atoms with van der Waals surface area (Å²) in [5.74, 6) is 1.40. The predicted octanol–water partition coefficient (Wildman–Crippen LogP) is 3.42.